The minimum atomic E-state index is -0.350. The van der Waals surface area contributed by atoms with Gasteiger partial charge in [-0.25, -0.2) is 9.78 Å². The number of hydrogen-bond donors (Lipinski definition) is 2. The Balaban J connectivity index is 1.87. The van der Waals surface area contributed by atoms with Crippen molar-refractivity contribution in [2.24, 2.45) is 0 Å². The molecule has 0 saturated carbocycles. The third kappa shape index (κ3) is 4.44. The lowest BCUT2D eigenvalue weighted by molar-refractivity contribution is 0.255. The van der Waals surface area contributed by atoms with E-state index in [1.54, 1.807) is 48.8 Å². The Morgan fingerprint density at radius 2 is 2.11 bits per heavy atom. The summed E-state index contributed by atoms with van der Waals surface area (Å²) in [6, 6.07) is 12.3. The highest BCUT2D eigenvalue weighted by Crippen LogP contribution is 2.11. The van der Waals surface area contributed by atoms with E-state index >= 15 is 0 Å². The van der Waals surface area contributed by atoms with E-state index in [4.69, 9.17) is 11.6 Å². The van der Waals surface area contributed by atoms with E-state index in [1.807, 2.05) is 12.1 Å². The molecule has 1 heterocycles. The van der Waals surface area contributed by atoms with Gasteiger partial charge in [0.25, 0.3) is 0 Å². The van der Waals surface area contributed by atoms with Gasteiger partial charge in [-0.2, -0.15) is 0 Å². The van der Waals surface area contributed by atoms with Crippen LogP contribution in [0.15, 0.2) is 54.9 Å². The minimum absolute atomic E-state index is 0.350. The molecule has 0 fully saturated rings. The molecule has 0 aliphatic rings. The van der Waals surface area contributed by atoms with E-state index in [-0.39, 0.29) is 6.03 Å². The molecule has 1 aromatic carbocycles. The lowest BCUT2D eigenvalue weighted by Gasteiger charge is -2.02. The summed E-state index contributed by atoms with van der Waals surface area (Å²) in [5.41, 5.74) is 0.908. The Labute approximate surface area is 116 Å². The van der Waals surface area contributed by atoms with Crippen LogP contribution in [0.2, 0.25) is 5.02 Å². The number of nitrogens with zero attached hydrogens (tertiary/aromatic N) is 1. The number of aromatic nitrogens is 1. The van der Waals surface area contributed by atoms with Gasteiger partial charge in [0.2, 0.25) is 0 Å². The van der Waals surface area contributed by atoms with Gasteiger partial charge in [0, 0.05) is 17.4 Å². The molecule has 96 valence electrons. The number of halogens is 1. The largest absolute Gasteiger partial charge is 0.324 e. The van der Waals surface area contributed by atoms with Gasteiger partial charge in [-0.1, -0.05) is 29.8 Å². The highest BCUT2D eigenvalue weighted by molar-refractivity contribution is 6.30. The van der Waals surface area contributed by atoms with Crippen LogP contribution < -0.4 is 10.6 Å². The number of benzene rings is 1. The standard InChI is InChI=1S/C14H12ClN3O/c15-12-5-3-4-11(10-12)7-9-17-14(19)18-13-6-1-2-8-16-13/h1-10H,(H2,16,17,18,19)/b9-7+. The highest BCUT2D eigenvalue weighted by Gasteiger charge is 1.98. The summed E-state index contributed by atoms with van der Waals surface area (Å²) in [6.45, 7) is 0. The molecule has 2 rings (SSSR count). The van der Waals surface area contributed by atoms with Gasteiger partial charge in [-0.05, 0) is 35.9 Å². The summed E-state index contributed by atoms with van der Waals surface area (Å²) in [4.78, 5) is 15.5. The smallest absolute Gasteiger partial charge is 0.314 e. The Morgan fingerprint density at radius 3 is 2.84 bits per heavy atom. The van der Waals surface area contributed by atoms with Crippen molar-refractivity contribution >= 4 is 29.5 Å². The van der Waals surface area contributed by atoms with Gasteiger partial charge in [-0.15, -0.1) is 0 Å². The first-order valence-corrected chi connectivity index (χ1v) is 6.02. The molecule has 5 heteroatoms. The Bertz CT molecular complexity index is 584. The zero-order valence-electron chi connectivity index (χ0n) is 10.0. The van der Waals surface area contributed by atoms with Crippen molar-refractivity contribution in [2.45, 2.75) is 0 Å². The zero-order valence-corrected chi connectivity index (χ0v) is 10.8. The van der Waals surface area contributed by atoms with Crippen LogP contribution in [0, 0.1) is 0 Å². The molecular formula is C14H12ClN3O. The molecule has 1 aromatic heterocycles. The highest BCUT2D eigenvalue weighted by atomic mass is 35.5. The summed E-state index contributed by atoms with van der Waals surface area (Å²) < 4.78 is 0. The number of hydrogen-bond acceptors (Lipinski definition) is 2. The maximum absolute atomic E-state index is 11.5. The van der Waals surface area contributed by atoms with Crippen LogP contribution >= 0.6 is 11.6 Å². The molecule has 0 atom stereocenters. The molecule has 0 radical (unpaired) electrons. The summed E-state index contributed by atoms with van der Waals surface area (Å²) in [7, 11) is 0. The predicted octanol–water partition coefficient (Wildman–Crippen LogP) is 3.53. The summed E-state index contributed by atoms with van der Waals surface area (Å²) >= 11 is 5.85. The fourth-order valence-electron chi connectivity index (χ4n) is 1.41. The second-order valence-corrected chi connectivity index (χ2v) is 4.14. The summed E-state index contributed by atoms with van der Waals surface area (Å²) in [5.74, 6) is 0.496. The predicted molar refractivity (Wildman–Crippen MR) is 76.9 cm³/mol. The maximum atomic E-state index is 11.5. The van der Waals surface area contributed by atoms with Crippen molar-refractivity contribution in [1.82, 2.24) is 10.3 Å². The van der Waals surface area contributed by atoms with Crippen LogP contribution in [-0.2, 0) is 0 Å². The van der Waals surface area contributed by atoms with Crippen molar-refractivity contribution in [3.63, 3.8) is 0 Å². The van der Waals surface area contributed by atoms with Gasteiger partial charge in [0.1, 0.15) is 5.82 Å². The van der Waals surface area contributed by atoms with Crippen molar-refractivity contribution < 1.29 is 4.79 Å². The van der Waals surface area contributed by atoms with Crippen LogP contribution in [0.1, 0.15) is 5.56 Å². The van der Waals surface area contributed by atoms with Gasteiger partial charge in [-0.3, -0.25) is 5.32 Å². The van der Waals surface area contributed by atoms with E-state index in [2.05, 4.69) is 15.6 Å². The van der Waals surface area contributed by atoms with Crippen LogP contribution in [0.3, 0.4) is 0 Å². The fourth-order valence-corrected chi connectivity index (χ4v) is 1.61. The average Bonchev–Trinajstić information content (AvgIpc) is 2.40. The van der Waals surface area contributed by atoms with Crippen molar-refractivity contribution in [1.29, 1.82) is 0 Å². The van der Waals surface area contributed by atoms with Crippen molar-refractivity contribution in [3.05, 3.63) is 65.4 Å². The average molecular weight is 274 g/mol. The Kier molecular flexibility index (Phi) is 4.53. The van der Waals surface area contributed by atoms with Crippen LogP contribution in [-0.4, -0.2) is 11.0 Å². The van der Waals surface area contributed by atoms with Gasteiger partial charge in [0.15, 0.2) is 0 Å². The second kappa shape index (κ2) is 6.56. The van der Waals surface area contributed by atoms with E-state index in [9.17, 15) is 4.79 Å². The van der Waals surface area contributed by atoms with Crippen LogP contribution in [0.4, 0.5) is 10.6 Å². The first-order valence-electron chi connectivity index (χ1n) is 5.65. The van der Waals surface area contributed by atoms with Gasteiger partial charge >= 0.3 is 6.03 Å². The number of pyridine rings is 1. The Morgan fingerprint density at radius 1 is 1.21 bits per heavy atom. The molecule has 2 N–H and O–H groups in total. The molecule has 0 saturated heterocycles. The molecule has 0 bridgehead atoms. The van der Waals surface area contributed by atoms with Gasteiger partial charge < -0.3 is 5.32 Å². The number of carbonyl (C=O) groups excluding carboxylic acids is 1. The molecule has 0 aliphatic carbocycles. The topological polar surface area (TPSA) is 54.0 Å². The number of anilines is 1. The molecule has 2 aromatic rings. The van der Waals surface area contributed by atoms with Crippen molar-refractivity contribution in [2.75, 3.05) is 5.32 Å². The number of urea groups is 1. The summed E-state index contributed by atoms with van der Waals surface area (Å²) in [5, 5.41) is 5.84. The Hall–Kier alpha value is -2.33. The lowest BCUT2D eigenvalue weighted by Crippen LogP contribution is -2.24. The number of nitrogens with one attached hydrogen (secondary N) is 2. The number of amides is 2. The SMILES string of the molecule is O=C(N/C=C/c1cccc(Cl)c1)Nc1ccccn1. The van der Waals surface area contributed by atoms with Crippen LogP contribution in [0.25, 0.3) is 6.08 Å². The number of rotatable bonds is 3. The van der Waals surface area contributed by atoms with E-state index in [0.29, 0.717) is 10.8 Å². The third-order valence-corrected chi connectivity index (χ3v) is 2.48. The second-order valence-electron chi connectivity index (χ2n) is 3.70. The first-order chi connectivity index (χ1) is 9.24. The minimum Gasteiger partial charge on any atom is -0.314 e. The normalized spacial score (nSPS) is 10.4. The van der Waals surface area contributed by atoms with E-state index in [1.165, 1.54) is 0 Å². The summed E-state index contributed by atoms with van der Waals surface area (Å²) in [6.07, 6.45) is 4.91. The molecule has 0 unspecified atom stereocenters. The third-order valence-electron chi connectivity index (χ3n) is 2.25. The molecule has 0 spiro atoms. The molecule has 19 heavy (non-hydrogen) atoms. The first kappa shape index (κ1) is 13.1. The van der Waals surface area contributed by atoms with Crippen molar-refractivity contribution in [3.8, 4) is 0 Å². The molecule has 4 nitrogen and oxygen atoms in total. The number of carbonyl (C=O) groups is 1. The molecular weight excluding hydrogens is 262 g/mol. The van der Waals surface area contributed by atoms with E-state index in [0.717, 1.165) is 5.56 Å². The molecule has 0 aliphatic heterocycles. The molecule has 2 amide bonds. The zero-order chi connectivity index (χ0) is 13.5. The van der Waals surface area contributed by atoms with Crippen LogP contribution in [0.5, 0.6) is 0 Å². The van der Waals surface area contributed by atoms with Gasteiger partial charge in [0.05, 0.1) is 0 Å². The fraction of sp³-hybridized carbons (Fsp3) is 0. The maximum Gasteiger partial charge on any atom is 0.324 e. The lowest BCUT2D eigenvalue weighted by atomic mass is 10.2. The van der Waals surface area contributed by atoms with E-state index < -0.39 is 0 Å². The quantitative estimate of drug-likeness (QED) is 0.899. The monoisotopic (exact) mass is 273 g/mol.